The Morgan fingerprint density at radius 1 is 1.10 bits per heavy atom. The standard InChI is InChI=1S/C15H16F2N2O2/c1-3-14-18-12(9-20-2)7-15(19-14)21-8-10-6-11(16)4-5-13(10)17/h4-7H,3,8-9H2,1-2H3. The summed E-state index contributed by atoms with van der Waals surface area (Å²) in [4.78, 5) is 8.47. The van der Waals surface area contributed by atoms with Crippen molar-refractivity contribution < 1.29 is 18.3 Å². The average Bonchev–Trinajstić information content (AvgIpc) is 2.48. The lowest BCUT2D eigenvalue weighted by Gasteiger charge is -2.09. The fraction of sp³-hybridized carbons (Fsp3) is 0.333. The molecule has 0 fully saturated rings. The van der Waals surface area contributed by atoms with E-state index in [9.17, 15) is 8.78 Å². The average molecular weight is 294 g/mol. The third-order valence-corrected chi connectivity index (χ3v) is 2.79. The molecule has 0 atom stereocenters. The van der Waals surface area contributed by atoms with Gasteiger partial charge in [0, 0.05) is 25.2 Å². The van der Waals surface area contributed by atoms with Gasteiger partial charge in [0.15, 0.2) is 0 Å². The van der Waals surface area contributed by atoms with E-state index >= 15 is 0 Å². The second-order valence-corrected chi connectivity index (χ2v) is 4.42. The SMILES string of the molecule is CCc1nc(COC)cc(OCc2cc(F)ccc2F)n1. The lowest BCUT2D eigenvalue weighted by atomic mass is 10.2. The van der Waals surface area contributed by atoms with E-state index in [1.165, 1.54) is 0 Å². The number of aryl methyl sites for hydroxylation is 1. The summed E-state index contributed by atoms with van der Waals surface area (Å²) in [7, 11) is 1.57. The lowest BCUT2D eigenvalue weighted by Crippen LogP contribution is -2.05. The minimum absolute atomic E-state index is 0.101. The number of halogens is 2. The number of methoxy groups -OCH3 is 1. The lowest BCUT2D eigenvalue weighted by molar-refractivity contribution is 0.180. The predicted molar refractivity (Wildman–Crippen MR) is 72.8 cm³/mol. The van der Waals surface area contributed by atoms with E-state index in [2.05, 4.69) is 9.97 Å². The Hall–Kier alpha value is -2.08. The highest BCUT2D eigenvalue weighted by Crippen LogP contribution is 2.15. The molecule has 1 aromatic heterocycles. The highest BCUT2D eigenvalue weighted by Gasteiger charge is 2.08. The maximum atomic E-state index is 13.5. The zero-order valence-electron chi connectivity index (χ0n) is 11.9. The normalized spacial score (nSPS) is 10.7. The number of hydrogen-bond acceptors (Lipinski definition) is 4. The van der Waals surface area contributed by atoms with Gasteiger partial charge in [-0.1, -0.05) is 6.92 Å². The minimum atomic E-state index is -0.515. The summed E-state index contributed by atoms with van der Waals surface area (Å²) in [5, 5.41) is 0. The second kappa shape index (κ2) is 7.08. The van der Waals surface area contributed by atoms with Crippen LogP contribution in [0.5, 0.6) is 5.88 Å². The van der Waals surface area contributed by atoms with Crippen LogP contribution in [-0.2, 0) is 24.4 Å². The molecule has 6 heteroatoms. The first kappa shape index (κ1) is 15.3. The van der Waals surface area contributed by atoms with Crippen LogP contribution >= 0.6 is 0 Å². The number of rotatable bonds is 6. The van der Waals surface area contributed by atoms with E-state index in [4.69, 9.17) is 9.47 Å². The molecule has 0 bridgehead atoms. The smallest absolute Gasteiger partial charge is 0.217 e. The van der Waals surface area contributed by atoms with Crippen molar-refractivity contribution >= 4 is 0 Å². The van der Waals surface area contributed by atoms with Crippen LogP contribution in [0.2, 0.25) is 0 Å². The monoisotopic (exact) mass is 294 g/mol. The van der Waals surface area contributed by atoms with E-state index in [1.807, 2.05) is 6.92 Å². The summed E-state index contributed by atoms with van der Waals surface area (Å²) < 4.78 is 37.1. The summed E-state index contributed by atoms with van der Waals surface area (Å²) in [6.07, 6.45) is 0.641. The number of nitrogens with zero attached hydrogens (tertiary/aromatic N) is 2. The van der Waals surface area contributed by atoms with Crippen molar-refractivity contribution in [3.05, 3.63) is 53.0 Å². The van der Waals surface area contributed by atoms with Gasteiger partial charge in [0.1, 0.15) is 24.1 Å². The fourth-order valence-corrected chi connectivity index (χ4v) is 1.78. The number of aromatic nitrogens is 2. The zero-order valence-corrected chi connectivity index (χ0v) is 11.9. The van der Waals surface area contributed by atoms with Crippen LogP contribution in [0.15, 0.2) is 24.3 Å². The van der Waals surface area contributed by atoms with Crippen LogP contribution in [0.3, 0.4) is 0 Å². The molecule has 0 N–H and O–H groups in total. The molecule has 1 aromatic carbocycles. The molecule has 21 heavy (non-hydrogen) atoms. The summed E-state index contributed by atoms with van der Waals surface area (Å²) in [5.74, 6) is -0.0953. The molecule has 2 rings (SSSR count). The van der Waals surface area contributed by atoms with Gasteiger partial charge in [-0.2, -0.15) is 4.98 Å². The summed E-state index contributed by atoms with van der Waals surface area (Å²) >= 11 is 0. The van der Waals surface area contributed by atoms with Gasteiger partial charge in [-0.25, -0.2) is 13.8 Å². The molecule has 0 aliphatic heterocycles. The van der Waals surface area contributed by atoms with Crippen molar-refractivity contribution in [3.8, 4) is 5.88 Å². The fourth-order valence-electron chi connectivity index (χ4n) is 1.78. The van der Waals surface area contributed by atoms with E-state index < -0.39 is 11.6 Å². The first-order valence-corrected chi connectivity index (χ1v) is 6.55. The maximum Gasteiger partial charge on any atom is 0.217 e. The number of hydrogen-bond donors (Lipinski definition) is 0. The molecule has 112 valence electrons. The van der Waals surface area contributed by atoms with E-state index in [0.29, 0.717) is 30.4 Å². The summed E-state index contributed by atoms with van der Waals surface area (Å²) in [6.45, 7) is 2.15. The van der Waals surface area contributed by atoms with Crippen molar-refractivity contribution in [1.29, 1.82) is 0 Å². The van der Waals surface area contributed by atoms with Crippen LogP contribution in [0.1, 0.15) is 24.0 Å². The highest BCUT2D eigenvalue weighted by molar-refractivity contribution is 5.20. The molecule has 2 aromatic rings. The van der Waals surface area contributed by atoms with Gasteiger partial charge < -0.3 is 9.47 Å². The van der Waals surface area contributed by atoms with Gasteiger partial charge in [-0.3, -0.25) is 0 Å². The second-order valence-electron chi connectivity index (χ2n) is 4.42. The predicted octanol–water partition coefficient (Wildman–Crippen LogP) is 3.04. The Labute approximate surface area is 121 Å². The van der Waals surface area contributed by atoms with Crippen molar-refractivity contribution in [2.75, 3.05) is 7.11 Å². The molecule has 1 heterocycles. The van der Waals surface area contributed by atoms with Gasteiger partial charge in [0.05, 0.1) is 12.3 Å². The molecule has 0 saturated carbocycles. The Morgan fingerprint density at radius 3 is 2.62 bits per heavy atom. The third kappa shape index (κ3) is 4.19. The molecule has 0 spiro atoms. The molecule has 0 aliphatic carbocycles. The Balaban J connectivity index is 2.15. The van der Waals surface area contributed by atoms with Crippen LogP contribution in [0.4, 0.5) is 8.78 Å². The number of ether oxygens (including phenoxy) is 2. The van der Waals surface area contributed by atoms with Crippen molar-refractivity contribution in [2.24, 2.45) is 0 Å². The maximum absolute atomic E-state index is 13.5. The van der Waals surface area contributed by atoms with E-state index in [0.717, 1.165) is 18.2 Å². The van der Waals surface area contributed by atoms with E-state index in [1.54, 1.807) is 13.2 Å². The van der Waals surface area contributed by atoms with Crippen molar-refractivity contribution in [1.82, 2.24) is 9.97 Å². The van der Waals surface area contributed by atoms with Crippen LogP contribution in [0.25, 0.3) is 0 Å². The largest absolute Gasteiger partial charge is 0.473 e. The van der Waals surface area contributed by atoms with Crippen LogP contribution < -0.4 is 4.74 Å². The van der Waals surface area contributed by atoms with Crippen molar-refractivity contribution in [3.63, 3.8) is 0 Å². The molecule has 0 radical (unpaired) electrons. The van der Waals surface area contributed by atoms with Gasteiger partial charge >= 0.3 is 0 Å². The Morgan fingerprint density at radius 2 is 1.90 bits per heavy atom. The van der Waals surface area contributed by atoms with Gasteiger partial charge in [-0.15, -0.1) is 0 Å². The van der Waals surface area contributed by atoms with E-state index in [-0.39, 0.29) is 12.2 Å². The quantitative estimate of drug-likeness (QED) is 0.821. The molecule has 0 aliphatic rings. The summed E-state index contributed by atoms with van der Waals surface area (Å²) in [5.41, 5.74) is 0.819. The minimum Gasteiger partial charge on any atom is -0.473 e. The Bertz CT molecular complexity index is 621. The molecular weight excluding hydrogens is 278 g/mol. The van der Waals surface area contributed by atoms with Crippen LogP contribution in [-0.4, -0.2) is 17.1 Å². The first-order valence-electron chi connectivity index (χ1n) is 6.55. The molecule has 0 unspecified atom stereocenters. The third-order valence-electron chi connectivity index (χ3n) is 2.79. The highest BCUT2D eigenvalue weighted by atomic mass is 19.1. The van der Waals surface area contributed by atoms with Gasteiger partial charge in [-0.05, 0) is 18.2 Å². The number of benzene rings is 1. The molecule has 4 nitrogen and oxygen atoms in total. The first-order chi connectivity index (χ1) is 10.1. The molecular formula is C15H16F2N2O2. The molecule has 0 amide bonds. The van der Waals surface area contributed by atoms with Gasteiger partial charge in [0.25, 0.3) is 0 Å². The molecule has 0 saturated heterocycles. The Kier molecular flexibility index (Phi) is 5.16. The van der Waals surface area contributed by atoms with Crippen molar-refractivity contribution in [2.45, 2.75) is 26.6 Å². The summed E-state index contributed by atoms with van der Waals surface area (Å²) in [6, 6.07) is 4.87. The van der Waals surface area contributed by atoms with Crippen LogP contribution in [0, 0.1) is 11.6 Å². The van der Waals surface area contributed by atoms with Gasteiger partial charge in [0.2, 0.25) is 5.88 Å². The zero-order chi connectivity index (χ0) is 15.2. The topological polar surface area (TPSA) is 44.2 Å².